The highest BCUT2D eigenvalue weighted by atomic mass is 16.6. The lowest BCUT2D eigenvalue weighted by molar-refractivity contribution is -0.148. The van der Waals surface area contributed by atoms with Crippen LogP contribution in [0.25, 0.3) is 0 Å². The normalized spacial score (nSPS) is 25.8. The first kappa shape index (κ1) is 10.1. The molecule has 0 aromatic carbocycles. The summed E-state index contributed by atoms with van der Waals surface area (Å²) in [6.07, 6.45) is 0. The van der Waals surface area contributed by atoms with Crippen molar-refractivity contribution in [3.63, 3.8) is 0 Å². The number of hydrogen-bond acceptors (Lipinski definition) is 3. The fourth-order valence-electron chi connectivity index (χ4n) is 0.848. The van der Waals surface area contributed by atoms with Crippen LogP contribution in [-0.2, 0) is 14.3 Å². The summed E-state index contributed by atoms with van der Waals surface area (Å²) in [5.74, 6) is 5.49. The summed E-state index contributed by atoms with van der Waals surface area (Å²) in [6, 6.07) is 0. The molecule has 0 aromatic heterocycles. The van der Waals surface area contributed by atoms with Crippen LogP contribution in [0.15, 0.2) is 0 Å². The fourth-order valence-corrected chi connectivity index (χ4v) is 0.848. The third-order valence-corrected chi connectivity index (χ3v) is 1.60. The summed E-state index contributed by atoms with van der Waals surface area (Å²) < 4.78 is 10.1. The van der Waals surface area contributed by atoms with Gasteiger partial charge >= 0.3 is 5.97 Å². The van der Waals surface area contributed by atoms with Gasteiger partial charge in [0.05, 0.1) is 6.61 Å². The Balaban J connectivity index is 2.58. The standard InChI is InChI=1S/C10H14O3/c1-8(11)13-9(2,3)5-6-10(4)7-12-10/h7H2,1-4H3/t10-/m0/s1. The molecule has 1 aliphatic rings. The van der Waals surface area contributed by atoms with Crippen LogP contribution in [0.4, 0.5) is 0 Å². The lowest BCUT2D eigenvalue weighted by Gasteiger charge is -2.17. The van der Waals surface area contributed by atoms with Crippen molar-refractivity contribution in [3.8, 4) is 11.8 Å². The van der Waals surface area contributed by atoms with Gasteiger partial charge in [-0.25, -0.2) is 0 Å². The minimum Gasteiger partial charge on any atom is -0.447 e. The molecule has 1 aliphatic heterocycles. The molecule has 0 radical (unpaired) electrons. The van der Waals surface area contributed by atoms with E-state index in [2.05, 4.69) is 11.8 Å². The van der Waals surface area contributed by atoms with E-state index >= 15 is 0 Å². The summed E-state index contributed by atoms with van der Waals surface area (Å²) in [6.45, 7) is 7.46. The molecule has 0 aromatic rings. The van der Waals surface area contributed by atoms with Gasteiger partial charge in [0.15, 0.2) is 5.60 Å². The first-order valence-electron chi connectivity index (χ1n) is 4.21. The third kappa shape index (κ3) is 3.47. The Morgan fingerprint density at radius 1 is 1.62 bits per heavy atom. The molecular formula is C10H14O3. The fraction of sp³-hybridized carbons (Fsp3) is 0.700. The Hall–Kier alpha value is -1.01. The Morgan fingerprint density at radius 2 is 2.15 bits per heavy atom. The van der Waals surface area contributed by atoms with Gasteiger partial charge in [0.1, 0.15) is 5.60 Å². The second-order valence-electron chi connectivity index (χ2n) is 3.87. The summed E-state index contributed by atoms with van der Waals surface area (Å²) in [4.78, 5) is 10.7. The average molecular weight is 182 g/mol. The molecule has 3 nitrogen and oxygen atoms in total. The zero-order valence-electron chi connectivity index (χ0n) is 8.43. The molecule has 1 heterocycles. The molecule has 1 fully saturated rings. The smallest absolute Gasteiger partial charge is 0.304 e. The molecule has 0 unspecified atom stereocenters. The van der Waals surface area contributed by atoms with E-state index in [1.807, 2.05) is 6.92 Å². The minimum absolute atomic E-state index is 0.308. The number of rotatable bonds is 1. The Bertz CT molecular complexity index is 276. The molecule has 1 atom stereocenters. The van der Waals surface area contributed by atoms with Crippen LogP contribution < -0.4 is 0 Å². The summed E-state index contributed by atoms with van der Waals surface area (Å²) in [7, 11) is 0. The quantitative estimate of drug-likeness (QED) is 0.346. The van der Waals surface area contributed by atoms with Crippen molar-refractivity contribution in [1.82, 2.24) is 0 Å². The van der Waals surface area contributed by atoms with Crippen molar-refractivity contribution in [2.45, 2.75) is 38.9 Å². The Morgan fingerprint density at radius 3 is 2.54 bits per heavy atom. The van der Waals surface area contributed by atoms with Crippen molar-refractivity contribution < 1.29 is 14.3 Å². The summed E-state index contributed by atoms with van der Waals surface area (Å²) in [5, 5.41) is 0. The van der Waals surface area contributed by atoms with Gasteiger partial charge in [0.2, 0.25) is 0 Å². The van der Waals surface area contributed by atoms with Crippen LogP contribution in [0.1, 0.15) is 27.7 Å². The van der Waals surface area contributed by atoms with Gasteiger partial charge in [0, 0.05) is 6.92 Å². The highest BCUT2D eigenvalue weighted by molar-refractivity contribution is 5.67. The minimum atomic E-state index is -0.721. The molecule has 13 heavy (non-hydrogen) atoms. The second-order valence-corrected chi connectivity index (χ2v) is 3.87. The van der Waals surface area contributed by atoms with Gasteiger partial charge < -0.3 is 9.47 Å². The van der Waals surface area contributed by atoms with Gasteiger partial charge in [-0.1, -0.05) is 11.8 Å². The van der Waals surface area contributed by atoms with E-state index in [9.17, 15) is 4.79 Å². The van der Waals surface area contributed by atoms with Crippen LogP contribution >= 0.6 is 0 Å². The molecule has 0 bridgehead atoms. The largest absolute Gasteiger partial charge is 0.447 e. The molecule has 1 saturated heterocycles. The average Bonchev–Trinajstić information content (AvgIpc) is 2.63. The molecule has 0 N–H and O–H groups in total. The number of hydrogen-bond donors (Lipinski definition) is 0. The van der Waals surface area contributed by atoms with Crippen LogP contribution in [-0.4, -0.2) is 23.8 Å². The number of esters is 1. The van der Waals surface area contributed by atoms with Gasteiger partial charge in [0.25, 0.3) is 0 Å². The van der Waals surface area contributed by atoms with Crippen molar-refractivity contribution in [2.24, 2.45) is 0 Å². The molecule has 0 amide bonds. The molecule has 0 aliphatic carbocycles. The molecule has 3 heteroatoms. The van der Waals surface area contributed by atoms with Gasteiger partial charge in [-0.2, -0.15) is 0 Å². The predicted octanol–water partition coefficient (Wildman–Crippen LogP) is 1.12. The number of epoxide rings is 1. The maximum atomic E-state index is 10.7. The third-order valence-electron chi connectivity index (χ3n) is 1.60. The maximum Gasteiger partial charge on any atom is 0.304 e. The number of carbonyl (C=O) groups excluding carboxylic acids is 1. The molecule has 0 saturated carbocycles. The highest BCUT2D eigenvalue weighted by Gasteiger charge is 2.37. The van der Waals surface area contributed by atoms with E-state index in [4.69, 9.17) is 9.47 Å². The summed E-state index contributed by atoms with van der Waals surface area (Å²) >= 11 is 0. The van der Waals surface area contributed by atoms with Gasteiger partial charge in [-0.3, -0.25) is 4.79 Å². The first-order valence-corrected chi connectivity index (χ1v) is 4.21. The zero-order valence-corrected chi connectivity index (χ0v) is 8.43. The number of ether oxygens (including phenoxy) is 2. The van der Waals surface area contributed by atoms with E-state index < -0.39 is 5.60 Å². The predicted molar refractivity (Wildman–Crippen MR) is 48.0 cm³/mol. The molecule has 1 rings (SSSR count). The van der Waals surface area contributed by atoms with Crippen LogP contribution in [0.2, 0.25) is 0 Å². The van der Waals surface area contributed by atoms with Crippen molar-refractivity contribution in [2.75, 3.05) is 6.61 Å². The molecule has 72 valence electrons. The lowest BCUT2D eigenvalue weighted by Crippen LogP contribution is -2.25. The highest BCUT2D eigenvalue weighted by Crippen LogP contribution is 2.24. The lowest BCUT2D eigenvalue weighted by atomic mass is 10.1. The second kappa shape index (κ2) is 3.04. The molecular weight excluding hydrogens is 168 g/mol. The monoisotopic (exact) mass is 182 g/mol. The SMILES string of the molecule is CC(=O)OC(C)(C)C#C[C@@]1(C)CO1. The van der Waals surface area contributed by atoms with E-state index in [1.165, 1.54) is 6.92 Å². The van der Waals surface area contributed by atoms with Crippen LogP contribution in [0, 0.1) is 11.8 Å². The Labute approximate surface area is 78.4 Å². The summed E-state index contributed by atoms with van der Waals surface area (Å²) in [5.41, 5.74) is -1.03. The van der Waals surface area contributed by atoms with E-state index in [-0.39, 0.29) is 11.6 Å². The van der Waals surface area contributed by atoms with Crippen molar-refractivity contribution in [3.05, 3.63) is 0 Å². The molecule has 0 spiro atoms. The topological polar surface area (TPSA) is 38.8 Å². The van der Waals surface area contributed by atoms with Crippen molar-refractivity contribution >= 4 is 5.97 Å². The zero-order chi connectivity index (χ0) is 10.1. The van der Waals surface area contributed by atoms with E-state index in [1.54, 1.807) is 13.8 Å². The van der Waals surface area contributed by atoms with Crippen LogP contribution in [0.3, 0.4) is 0 Å². The Kier molecular flexibility index (Phi) is 2.36. The maximum absolute atomic E-state index is 10.7. The van der Waals surface area contributed by atoms with Gasteiger partial charge in [-0.15, -0.1) is 0 Å². The van der Waals surface area contributed by atoms with Crippen LogP contribution in [0.5, 0.6) is 0 Å². The first-order chi connectivity index (χ1) is 5.83. The van der Waals surface area contributed by atoms with Crippen molar-refractivity contribution in [1.29, 1.82) is 0 Å². The van der Waals surface area contributed by atoms with Gasteiger partial charge in [-0.05, 0) is 20.8 Å². The number of carbonyl (C=O) groups is 1. The van der Waals surface area contributed by atoms with E-state index in [0.717, 1.165) is 0 Å². The van der Waals surface area contributed by atoms with E-state index in [0.29, 0.717) is 6.61 Å².